The van der Waals surface area contributed by atoms with Gasteiger partial charge in [0, 0.05) is 12.1 Å². The summed E-state index contributed by atoms with van der Waals surface area (Å²) < 4.78 is 5.11. The normalized spacial score (nSPS) is 17.3. The number of carbonyl (C=O) groups excluding carboxylic acids is 2. The fraction of sp³-hybridized carbons (Fsp3) is 0.273. The molecule has 1 heterocycles. The van der Waals surface area contributed by atoms with Crippen LogP contribution in [0, 0.1) is 0 Å². The molecule has 2 N–H and O–H groups in total. The highest BCUT2D eigenvalue weighted by atomic mass is 32.2. The monoisotopic (exact) mass is 424 g/mol. The predicted molar refractivity (Wildman–Crippen MR) is 120 cm³/mol. The largest absolute Gasteiger partial charge is 0.497 e. The molecule has 8 heteroatoms. The van der Waals surface area contributed by atoms with Crippen LogP contribution in [-0.4, -0.2) is 42.1 Å². The van der Waals surface area contributed by atoms with E-state index in [4.69, 9.17) is 4.74 Å². The Kier molecular flexibility index (Phi) is 8.02. The molecular weight excluding hydrogens is 400 g/mol. The fourth-order valence-corrected chi connectivity index (χ4v) is 3.80. The number of thioether (sulfide) groups is 1. The van der Waals surface area contributed by atoms with E-state index in [1.807, 2.05) is 42.5 Å². The average Bonchev–Trinajstić information content (AvgIpc) is 3.13. The number of carbonyl (C=O) groups is 2. The maximum atomic E-state index is 12.1. The molecule has 1 atom stereocenters. The van der Waals surface area contributed by atoms with Crippen molar-refractivity contribution in [2.45, 2.75) is 24.5 Å². The number of amidine groups is 1. The first-order valence-corrected chi connectivity index (χ1v) is 10.6. The number of amides is 2. The lowest BCUT2D eigenvalue weighted by atomic mass is 10.1. The van der Waals surface area contributed by atoms with E-state index in [0.717, 1.165) is 30.6 Å². The van der Waals surface area contributed by atoms with Crippen molar-refractivity contribution in [1.82, 2.24) is 10.6 Å². The maximum Gasteiger partial charge on any atom is 0.251 e. The molecule has 1 fully saturated rings. The third-order valence-corrected chi connectivity index (χ3v) is 5.60. The van der Waals surface area contributed by atoms with Crippen LogP contribution >= 0.6 is 11.8 Å². The van der Waals surface area contributed by atoms with Gasteiger partial charge in [0.1, 0.15) is 5.75 Å². The first-order chi connectivity index (χ1) is 14.7. The molecule has 2 amide bonds. The standard InChI is InChI=1S/C22H24N4O3S/c1-29-18-12-10-16(11-13-18)15-24-26-22-25-21(28)19(30-22)9-5-6-14-23-20(27)17-7-3-2-4-8-17/h2-4,7-8,10-13,15,19H,5-6,9,14H2,1H3,(H,23,27)(H,25,26,28)/b24-15+. The number of nitrogens with one attached hydrogen (secondary N) is 2. The van der Waals surface area contributed by atoms with E-state index < -0.39 is 0 Å². The third-order valence-electron chi connectivity index (χ3n) is 4.46. The Hall–Kier alpha value is -3.13. The Balaban J connectivity index is 1.37. The predicted octanol–water partition coefficient (Wildman–Crippen LogP) is 3.22. The van der Waals surface area contributed by atoms with Gasteiger partial charge in [-0.25, -0.2) is 0 Å². The van der Waals surface area contributed by atoms with Crippen LogP contribution in [0.3, 0.4) is 0 Å². The molecule has 0 saturated carbocycles. The van der Waals surface area contributed by atoms with Gasteiger partial charge in [0.05, 0.1) is 18.6 Å². The zero-order valence-corrected chi connectivity index (χ0v) is 17.5. The summed E-state index contributed by atoms with van der Waals surface area (Å²) in [5, 5.41) is 14.1. The zero-order chi connectivity index (χ0) is 21.2. The molecule has 2 aromatic rings. The van der Waals surface area contributed by atoms with Crippen LogP contribution < -0.4 is 15.4 Å². The molecule has 0 aromatic heterocycles. The Bertz CT molecular complexity index is 914. The molecule has 0 radical (unpaired) electrons. The molecule has 0 bridgehead atoms. The van der Waals surface area contributed by atoms with Crippen molar-refractivity contribution >= 4 is 35.0 Å². The molecule has 2 aromatic carbocycles. The quantitative estimate of drug-likeness (QED) is 0.367. The van der Waals surface area contributed by atoms with E-state index >= 15 is 0 Å². The van der Waals surface area contributed by atoms with E-state index in [1.165, 1.54) is 11.8 Å². The van der Waals surface area contributed by atoms with Gasteiger partial charge < -0.3 is 15.4 Å². The minimum absolute atomic E-state index is 0.0493. The van der Waals surface area contributed by atoms with E-state index in [2.05, 4.69) is 20.8 Å². The van der Waals surface area contributed by atoms with Crippen molar-refractivity contribution in [2.75, 3.05) is 13.7 Å². The van der Waals surface area contributed by atoms with Gasteiger partial charge in [-0.1, -0.05) is 36.4 Å². The van der Waals surface area contributed by atoms with Gasteiger partial charge in [0.25, 0.3) is 5.91 Å². The summed E-state index contributed by atoms with van der Waals surface area (Å²) in [4.78, 5) is 24.1. The topological polar surface area (TPSA) is 92.2 Å². The van der Waals surface area contributed by atoms with Crippen molar-refractivity contribution in [2.24, 2.45) is 10.2 Å². The van der Waals surface area contributed by atoms with Gasteiger partial charge in [0.2, 0.25) is 5.91 Å². The average molecular weight is 425 g/mol. The first-order valence-electron chi connectivity index (χ1n) is 9.71. The molecule has 1 aliphatic heterocycles. The molecule has 0 aliphatic carbocycles. The van der Waals surface area contributed by atoms with Gasteiger partial charge in [-0.05, 0) is 54.8 Å². The summed E-state index contributed by atoms with van der Waals surface area (Å²) in [5.74, 6) is 0.652. The van der Waals surface area contributed by atoms with Gasteiger partial charge in [-0.15, -0.1) is 5.10 Å². The number of unbranched alkanes of at least 4 members (excludes halogenated alkanes) is 1. The Labute approximate surface area is 180 Å². The van der Waals surface area contributed by atoms with Crippen LogP contribution in [0.4, 0.5) is 0 Å². The molecular formula is C22H24N4O3S. The molecule has 156 valence electrons. The summed E-state index contributed by atoms with van der Waals surface area (Å²) in [6, 6.07) is 16.6. The number of rotatable bonds is 9. The van der Waals surface area contributed by atoms with Gasteiger partial charge in [-0.3, -0.25) is 9.59 Å². The van der Waals surface area contributed by atoms with Crippen LogP contribution in [0.2, 0.25) is 0 Å². The fourth-order valence-electron chi connectivity index (χ4n) is 2.83. The third kappa shape index (κ3) is 6.45. The van der Waals surface area contributed by atoms with Crippen LogP contribution in [0.5, 0.6) is 5.75 Å². The summed E-state index contributed by atoms with van der Waals surface area (Å²) in [6.07, 6.45) is 3.99. The molecule has 1 unspecified atom stereocenters. The van der Waals surface area contributed by atoms with Crippen molar-refractivity contribution in [3.8, 4) is 5.75 Å². The lowest BCUT2D eigenvalue weighted by Crippen LogP contribution is -2.26. The maximum absolute atomic E-state index is 12.1. The molecule has 1 aliphatic rings. The van der Waals surface area contributed by atoms with Crippen molar-refractivity contribution in [1.29, 1.82) is 0 Å². The second-order valence-corrected chi connectivity index (χ2v) is 7.83. The second-order valence-electron chi connectivity index (χ2n) is 6.64. The van der Waals surface area contributed by atoms with E-state index in [-0.39, 0.29) is 17.1 Å². The summed E-state index contributed by atoms with van der Waals surface area (Å²) >= 11 is 1.39. The minimum Gasteiger partial charge on any atom is -0.497 e. The Morgan fingerprint density at radius 1 is 1.17 bits per heavy atom. The molecule has 3 rings (SSSR count). The lowest BCUT2D eigenvalue weighted by molar-refractivity contribution is -0.118. The second kappa shape index (κ2) is 11.2. The number of nitrogens with zero attached hydrogens (tertiary/aromatic N) is 2. The Morgan fingerprint density at radius 2 is 1.93 bits per heavy atom. The summed E-state index contributed by atoms with van der Waals surface area (Å²) in [5.41, 5.74) is 1.54. The Morgan fingerprint density at radius 3 is 2.67 bits per heavy atom. The highest BCUT2D eigenvalue weighted by Crippen LogP contribution is 2.24. The van der Waals surface area contributed by atoms with E-state index in [9.17, 15) is 9.59 Å². The smallest absolute Gasteiger partial charge is 0.251 e. The van der Waals surface area contributed by atoms with Gasteiger partial charge >= 0.3 is 0 Å². The van der Waals surface area contributed by atoms with Crippen LogP contribution in [-0.2, 0) is 4.79 Å². The van der Waals surface area contributed by atoms with Gasteiger partial charge in [-0.2, -0.15) is 5.10 Å². The van der Waals surface area contributed by atoms with Crippen molar-refractivity contribution in [3.63, 3.8) is 0 Å². The molecule has 7 nitrogen and oxygen atoms in total. The van der Waals surface area contributed by atoms with Crippen LogP contribution in [0.25, 0.3) is 0 Å². The van der Waals surface area contributed by atoms with Gasteiger partial charge in [0.15, 0.2) is 5.17 Å². The first kappa shape index (κ1) is 21.6. The molecule has 30 heavy (non-hydrogen) atoms. The molecule has 0 spiro atoms. The highest BCUT2D eigenvalue weighted by molar-refractivity contribution is 8.15. The van der Waals surface area contributed by atoms with E-state index in [1.54, 1.807) is 25.5 Å². The minimum atomic E-state index is -0.176. The number of methoxy groups -OCH3 is 1. The summed E-state index contributed by atoms with van der Waals surface area (Å²) in [7, 11) is 1.62. The van der Waals surface area contributed by atoms with Crippen molar-refractivity contribution in [3.05, 3.63) is 65.7 Å². The number of hydrogen-bond donors (Lipinski definition) is 2. The molecule has 1 saturated heterocycles. The summed E-state index contributed by atoms with van der Waals surface area (Å²) in [6.45, 7) is 0.583. The number of hydrogen-bond acceptors (Lipinski definition) is 6. The number of benzene rings is 2. The number of ether oxygens (including phenoxy) is 1. The zero-order valence-electron chi connectivity index (χ0n) is 16.7. The van der Waals surface area contributed by atoms with E-state index in [0.29, 0.717) is 17.3 Å². The lowest BCUT2D eigenvalue weighted by Gasteiger charge is -2.07. The van der Waals surface area contributed by atoms with Crippen molar-refractivity contribution < 1.29 is 14.3 Å². The van der Waals surface area contributed by atoms with Crippen LogP contribution in [0.1, 0.15) is 35.2 Å². The van der Waals surface area contributed by atoms with Crippen LogP contribution in [0.15, 0.2) is 64.8 Å². The highest BCUT2D eigenvalue weighted by Gasteiger charge is 2.29. The SMILES string of the molecule is COc1ccc(/C=N/N=C2\NC(=O)C(CCCCNC(=O)c3ccccc3)S2)cc1.